The lowest BCUT2D eigenvalue weighted by atomic mass is 10.2. The smallest absolute Gasteiger partial charge is 0.194 e. The van der Waals surface area contributed by atoms with Crippen LogP contribution in [0.5, 0.6) is 0 Å². The van der Waals surface area contributed by atoms with Crippen LogP contribution < -0.4 is 0 Å². The molecule has 94 valence electrons. The molecule has 4 nitrogen and oxygen atoms in total. The second kappa shape index (κ2) is 5.20. The van der Waals surface area contributed by atoms with Crippen molar-refractivity contribution < 1.29 is 0 Å². The maximum absolute atomic E-state index is 5.90. The molecule has 0 N–H and O–H groups in total. The van der Waals surface area contributed by atoms with Gasteiger partial charge in [-0.2, -0.15) is 0 Å². The Hall–Kier alpha value is -1.20. The second-order valence-electron chi connectivity index (χ2n) is 3.98. The second-order valence-corrected chi connectivity index (χ2v) is 5.35. The van der Waals surface area contributed by atoms with Crippen molar-refractivity contribution in [3.63, 3.8) is 0 Å². The zero-order chi connectivity index (χ0) is 13.3. The van der Waals surface area contributed by atoms with Gasteiger partial charge in [0.05, 0.1) is 0 Å². The monoisotopic (exact) mass is 280 g/mol. The van der Waals surface area contributed by atoms with Crippen LogP contribution in [0, 0.1) is 27.7 Å². The van der Waals surface area contributed by atoms with Crippen molar-refractivity contribution in [1.29, 1.82) is 0 Å². The zero-order valence-corrected chi connectivity index (χ0v) is 12.2. The van der Waals surface area contributed by atoms with Gasteiger partial charge in [0.2, 0.25) is 0 Å². The molecule has 0 spiro atoms. The molecule has 0 aliphatic carbocycles. The average molecular weight is 281 g/mol. The molecule has 2 aromatic rings. The minimum absolute atomic E-state index is 0.436. The topological polar surface area (TPSA) is 51.6 Å². The van der Waals surface area contributed by atoms with E-state index in [1.165, 1.54) is 11.8 Å². The van der Waals surface area contributed by atoms with Crippen molar-refractivity contribution in [2.45, 2.75) is 37.9 Å². The Morgan fingerprint density at radius 1 is 0.944 bits per heavy atom. The summed E-state index contributed by atoms with van der Waals surface area (Å²) in [6.45, 7) is 7.78. The summed E-state index contributed by atoms with van der Waals surface area (Å²) < 4.78 is 0. The van der Waals surface area contributed by atoms with E-state index in [1.807, 2.05) is 27.7 Å². The quantitative estimate of drug-likeness (QED) is 0.624. The molecule has 0 bridgehead atoms. The SMILES string of the molecule is Cc1nc(Cl)cc(Sc2nc(C)c(C)c(C)n2)n1. The van der Waals surface area contributed by atoms with Crippen molar-refractivity contribution in [3.05, 3.63) is 34.0 Å². The number of nitrogens with zero attached hydrogens (tertiary/aromatic N) is 4. The van der Waals surface area contributed by atoms with Gasteiger partial charge in [-0.3, -0.25) is 0 Å². The lowest BCUT2D eigenvalue weighted by Crippen LogP contribution is -1.98. The van der Waals surface area contributed by atoms with Crippen LogP contribution in [0.4, 0.5) is 0 Å². The highest BCUT2D eigenvalue weighted by atomic mass is 35.5. The highest BCUT2D eigenvalue weighted by Gasteiger charge is 2.08. The first-order valence-electron chi connectivity index (χ1n) is 5.46. The van der Waals surface area contributed by atoms with Gasteiger partial charge in [-0.1, -0.05) is 11.6 Å². The normalized spacial score (nSPS) is 10.7. The standard InChI is InChI=1S/C12H13ClN4S/c1-6-7(2)14-12(15-8(6)3)18-11-5-10(13)16-9(4)17-11/h5H,1-4H3. The van der Waals surface area contributed by atoms with Crippen molar-refractivity contribution in [3.8, 4) is 0 Å². The van der Waals surface area contributed by atoms with Gasteiger partial charge in [-0.05, 0) is 45.0 Å². The molecule has 0 saturated carbocycles. The van der Waals surface area contributed by atoms with Gasteiger partial charge in [-0.15, -0.1) is 0 Å². The first kappa shape index (κ1) is 13.2. The van der Waals surface area contributed by atoms with E-state index in [0.29, 0.717) is 16.1 Å². The van der Waals surface area contributed by atoms with Crippen molar-refractivity contribution in [1.82, 2.24) is 19.9 Å². The Labute approximate surface area is 115 Å². The molecule has 0 radical (unpaired) electrons. The van der Waals surface area contributed by atoms with E-state index in [4.69, 9.17) is 11.6 Å². The molecule has 6 heteroatoms. The Kier molecular flexibility index (Phi) is 3.82. The van der Waals surface area contributed by atoms with Gasteiger partial charge < -0.3 is 0 Å². The van der Waals surface area contributed by atoms with Gasteiger partial charge >= 0.3 is 0 Å². The molecular formula is C12H13ClN4S. The molecule has 0 saturated heterocycles. The van der Waals surface area contributed by atoms with Crippen LogP contribution in [0.3, 0.4) is 0 Å². The molecule has 0 unspecified atom stereocenters. The van der Waals surface area contributed by atoms with Crippen LogP contribution in [0.2, 0.25) is 5.15 Å². The van der Waals surface area contributed by atoms with E-state index in [9.17, 15) is 0 Å². The number of hydrogen-bond acceptors (Lipinski definition) is 5. The molecule has 2 rings (SSSR count). The Bertz CT molecular complexity index is 557. The number of rotatable bonds is 2. The fourth-order valence-electron chi connectivity index (χ4n) is 1.44. The lowest BCUT2D eigenvalue weighted by molar-refractivity contribution is 0.874. The molecule has 0 amide bonds. The largest absolute Gasteiger partial charge is 0.227 e. The van der Waals surface area contributed by atoms with Gasteiger partial charge in [0.25, 0.3) is 0 Å². The summed E-state index contributed by atoms with van der Waals surface area (Å²) >= 11 is 7.29. The van der Waals surface area contributed by atoms with E-state index in [0.717, 1.165) is 22.0 Å². The maximum atomic E-state index is 5.90. The third kappa shape index (κ3) is 2.97. The first-order chi connectivity index (χ1) is 8.45. The summed E-state index contributed by atoms with van der Waals surface area (Å²) in [5, 5.41) is 1.88. The fourth-order valence-corrected chi connectivity index (χ4v) is 2.63. The van der Waals surface area contributed by atoms with Crippen LogP contribution in [-0.4, -0.2) is 19.9 Å². The number of aromatic nitrogens is 4. The third-order valence-electron chi connectivity index (χ3n) is 2.59. The minimum atomic E-state index is 0.436. The highest BCUT2D eigenvalue weighted by Crippen LogP contribution is 2.25. The first-order valence-corrected chi connectivity index (χ1v) is 6.66. The van der Waals surface area contributed by atoms with Crippen LogP contribution in [-0.2, 0) is 0 Å². The summed E-state index contributed by atoms with van der Waals surface area (Å²) in [5.41, 5.74) is 3.10. The molecular weight excluding hydrogens is 268 g/mol. The predicted molar refractivity (Wildman–Crippen MR) is 72.1 cm³/mol. The van der Waals surface area contributed by atoms with Gasteiger partial charge in [0, 0.05) is 17.5 Å². The van der Waals surface area contributed by atoms with Crippen LogP contribution in [0.15, 0.2) is 16.2 Å². The number of halogens is 1. The molecule has 2 heterocycles. The van der Waals surface area contributed by atoms with Crippen LogP contribution in [0.1, 0.15) is 22.8 Å². The zero-order valence-electron chi connectivity index (χ0n) is 10.7. The molecule has 0 atom stereocenters. The van der Waals surface area contributed by atoms with Crippen molar-refractivity contribution in [2.24, 2.45) is 0 Å². The van der Waals surface area contributed by atoms with E-state index >= 15 is 0 Å². The molecule has 0 aliphatic rings. The van der Waals surface area contributed by atoms with E-state index < -0.39 is 0 Å². The van der Waals surface area contributed by atoms with E-state index in [-0.39, 0.29) is 0 Å². The van der Waals surface area contributed by atoms with Gasteiger partial charge in [0.15, 0.2) is 5.16 Å². The summed E-state index contributed by atoms with van der Waals surface area (Å²) in [4.78, 5) is 17.2. The summed E-state index contributed by atoms with van der Waals surface area (Å²) in [6.07, 6.45) is 0. The minimum Gasteiger partial charge on any atom is -0.227 e. The summed E-state index contributed by atoms with van der Waals surface area (Å²) in [7, 11) is 0. The fraction of sp³-hybridized carbons (Fsp3) is 0.333. The maximum Gasteiger partial charge on any atom is 0.194 e. The highest BCUT2D eigenvalue weighted by molar-refractivity contribution is 7.99. The average Bonchev–Trinajstić information content (AvgIpc) is 2.24. The third-order valence-corrected chi connectivity index (χ3v) is 3.57. The number of aryl methyl sites for hydroxylation is 3. The number of hydrogen-bond donors (Lipinski definition) is 0. The van der Waals surface area contributed by atoms with E-state index in [1.54, 1.807) is 6.07 Å². The van der Waals surface area contributed by atoms with Crippen molar-refractivity contribution >= 4 is 23.4 Å². The Morgan fingerprint density at radius 2 is 1.56 bits per heavy atom. The lowest BCUT2D eigenvalue weighted by Gasteiger charge is -2.06. The Balaban J connectivity index is 2.34. The molecule has 0 aromatic carbocycles. The van der Waals surface area contributed by atoms with Crippen LogP contribution >= 0.6 is 23.4 Å². The molecule has 2 aromatic heterocycles. The summed E-state index contributed by atoms with van der Waals surface area (Å²) in [5.74, 6) is 0.644. The van der Waals surface area contributed by atoms with Gasteiger partial charge in [0.1, 0.15) is 16.0 Å². The molecule has 0 fully saturated rings. The van der Waals surface area contributed by atoms with Crippen molar-refractivity contribution in [2.75, 3.05) is 0 Å². The molecule has 18 heavy (non-hydrogen) atoms. The van der Waals surface area contributed by atoms with Gasteiger partial charge in [-0.25, -0.2) is 19.9 Å². The summed E-state index contributed by atoms with van der Waals surface area (Å²) in [6, 6.07) is 1.72. The van der Waals surface area contributed by atoms with Crippen LogP contribution in [0.25, 0.3) is 0 Å². The Morgan fingerprint density at radius 3 is 2.11 bits per heavy atom. The predicted octanol–water partition coefficient (Wildman–Crippen LogP) is 3.30. The van der Waals surface area contributed by atoms with E-state index in [2.05, 4.69) is 19.9 Å². The molecule has 0 aliphatic heterocycles.